The molecule has 4 nitrogen and oxygen atoms in total. The third kappa shape index (κ3) is 2.74. The highest BCUT2D eigenvalue weighted by Crippen LogP contribution is 2.32. The van der Waals surface area contributed by atoms with Gasteiger partial charge in [0.2, 0.25) is 0 Å². The smallest absolute Gasteiger partial charge is 0.0534 e. The normalized spacial score (nSPS) is 21.5. The van der Waals surface area contributed by atoms with Crippen molar-refractivity contribution in [1.82, 2.24) is 14.7 Å². The molecule has 0 saturated heterocycles. The fourth-order valence-electron chi connectivity index (χ4n) is 3.44. The molecule has 112 valence electrons. The highest BCUT2D eigenvalue weighted by molar-refractivity contribution is 5.32. The number of aryl methyl sites for hydroxylation is 2. The molecule has 0 spiro atoms. The maximum Gasteiger partial charge on any atom is 0.0534 e. The molecule has 0 aliphatic heterocycles. The van der Waals surface area contributed by atoms with Gasteiger partial charge in [0, 0.05) is 37.4 Å². The zero-order valence-electron chi connectivity index (χ0n) is 12.9. The first-order chi connectivity index (χ1) is 10.1. The molecule has 2 N–H and O–H groups in total. The Morgan fingerprint density at radius 1 is 1.33 bits per heavy atom. The Morgan fingerprint density at radius 2 is 2.10 bits per heavy atom. The molecule has 0 radical (unpaired) electrons. The highest BCUT2D eigenvalue weighted by atomic mass is 15.2. The van der Waals surface area contributed by atoms with Gasteiger partial charge in [-0.15, -0.1) is 0 Å². The number of fused-ring (bicyclic) bond motifs is 1. The monoisotopic (exact) mass is 284 g/mol. The van der Waals surface area contributed by atoms with Crippen molar-refractivity contribution in [2.75, 3.05) is 13.6 Å². The van der Waals surface area contributed by atoms with Gasteiger partial charge in [0.05, 0.1) is 6.20 Å². The van der Waals surface area contributed by atoms with Gasteiger partial charge in [-0.2, -0.15) is 5.10 Å². The number of nitrogens with zero attached hydrogens (tertiary/aromatic N) is 3. The van der Waals surface area contributed by atoms with Gasteiger partial charge in [-0.25, -0.2) is 0 Å². The van der Waals surface area contributed by atoms with Crippen molar-refractivity contribution in [3.05, 3.63) is 53.3 Å². The molecular formula is C17H24N4. The fourth-order valence-corrected chi connectivity index (χ4v) is 3.44. The van der Waals surface area contributed by atoms with E-state index in [2.05, 4.69) is 47.5 Å². The van der Waals surface area contributed by atoms with Crippen LogP contribution in [0.15, 0.2) is 36.7 Å². The Morgan fingerprint density at radius 3 is 2.76 bits per heavy atom. The molecule has 1 aromatic carbocycles. The summed E-state index contributed by atoms with van der Waals surface area (Å²) in [6.45, 7) is 1.59. The van der Waals surface area contributed by atoms with Gasteiger partial charge >= 0.3 is 0 Å². The van der Waals surface area contributed by atoms with Crippen molar-refractivity contribution < 1.29 is 0 Å². The first kappa shape index (κ1) is 14.3. The van der Waals surface area contributed by atoms with Crippen LogP contribution in [0, 0.1) is 0 Å². The molecule has 1 aromatic heterocycles. The third-order valence-electron chi connectivity index (χ3n) is 4.87. The average Bonchev–Trinajstić information content (AvgIpc) is 2.91. The van der Waals surface area contributed by atoms with Gasteiger partial charge in [0.1, 0.15) is 0 Å². The summed E-state index contributed by atoms with van der Waals surface area (Å²) in [7, 11) is 4.15. The summed E-state index contributed by atoms with van der Waals surface area (Å²) in [5, 5.41) is 4.26. The number of aromatic nitrogens is 2. The predicted octanol–water partition coefficient (Wildman–Crippen LogP) is 1.74. The van der Waals surface area contributed by atoms with Gasteiger partial charge < -0.3 is 5.73 Å². The van der Waals surface area contributed by atoms with Crippen molar-refractivity contribution in [3.8, 4) is 0 Å². The second-order valence-corrected chi connectivity index (χ2v) is 6.25. The minimum absolute atomic E-state index is 0.0597. The zero-order valence-corrected chi connectivity index (χ0v) is 12.9. The van der Waals surface area contributed by atoms with E-state index in [4.69, 9.17) is 5.73 Å². The van der Waals surface area contributed by atoms with Crippen molar-refractivity contribution in [3.63, 3.8) is 0 Å². The Balaban J connectivity index is 1.81. The lowest BCUT2D eigenvalue weighted by Crippen LogP contribution is -2.55. The first-order valence-corrected chi connectivity index (χ1v) is 7.58. The van der Waals surface area contributed by atoms with Crippen LogP contribution >= 0.6 is 0 Å². The Bertz CT molecular complexity index is 619. The van der Waals surface area contributed by atoms with Gasteiger partial charge in [-0.1, -0.05) is 24.3 Å². The molecule has 1 unspecified atom stereocenters. The lowest BCUT2D eigenvalue weighted by Gasteiger charge is -2.44. The number of rotatable bonds is 4. The molecule has 1 atom stereocenters. The van der Waals surface area contributed by atoms with Crippen LogP contribution in [0.4, 0.5) is 0 Å². The lowest BCUT2D eigenvalue weighted by molar-refractivity contribution is 0.101. The quantitative estimate of drug-likeness (QED) is 0.930. The first-order valence-electron chi connectivity index (χ1n) is 7.58. The summed E-state index contributed by atoms with van der Waals surface area (Å²) in [5.41, 5.74) is 10.4. The van der Waals surface area contributed by atoms with E-state index in [1.807, 2.05) is 17.9 Å². The largest absolute Gasteiger partial charge is 0.329 e. The fraction of sp³-hybridized carbons (Fsp3) is 0.471. The van der Waals surface area contributed by atoms with Crippen LogP contribution in [-0.2, 0) is 26.4 Å². The third-order valence-corrected chi connectivity index (χ3v) is 4.87. The van der Waals surface area contributed by atoms with Crippen LogP contribution in [0.2, 0.25) is 0 Å². The second-order valence-electron chi connectivity index (χ2n) is 6.25. The predicted molar refractivity (Wildman–Crippen MR) is 84.9 cm³/mol. The Hall–Kier alpha value is -1.65. The second kappa shape index (κ2) is 5.62. The number of hydrogen-bond donors (Lipinski definition) is 1. The van der Waals surface area contributed by atoms with E-state index in [1.165, 1.54) is 16.7 Å². The van der Waals surface area contributed by atoms with Crippen LogP contribution in [-0.4, -0.2) is 33.8 Å². The van der Waals surface area contributed by atoms with E-state index >= 15 is 0 Å². The number of benzene rings is 1. The maximum absolute atomic E-state index is 6.19. The van der Waals surface area contributed by atoms with Crippen LogP contribution in [0.1, 0.15) is 23.1 Å². The van der Waals surface area contributed by atoms with Crippen molar-refractivity contribution in [2.24, 2.45) is 12.8 Å². The lowest BCUT2D eigenvalue weighted by atomic mass is 9.77. The number of nitrogens with two attached hydrogens (primary N) is 1. The molecule has 2 aromatic rings. The molecule has 0 bridgehead atoms. The van der Waals surface area contributed by atoms with Crippen molar-refractivity contribution in [2.45, 2.75) is 31.3 Å². The van der Waals surface area contributed by atoms with E-state index in [0.717, 1.165) is 25.8 Å². The van der Waals surface area contributed by atoms with Crippen LogP contribution in [0.25, 0.3) is 0 Å². The minimum atomic E-state index is 0.0597. The standard InChI is InChI=1S/C17H24N4/c1-20(11-14-10-19-21(2)12-14)17(13-18)8-7-15-5-3-4-6-16(15)9-17/h3-6,10,12H,7-9,11,13,18H2,1-2H3. The van der Waals surface area contributed by atoms with E-state index in [1.54, 1.807) is 0 Å². The minimum Gasteiger partial charge on any atom is -0.329 e. The molecular weight excluding hydrogens is 260 g/mol. The number of likely N-dealkylation sites (N-methyl/N-ethyl adjacent to an activating group) is 1. The molecule has 21 heavy (non-hydrogen) atoms. The summed E-state index contributed by atoms with van der Waals surface area (Å²) < 4.78 is 1.86. The summed E-state index contributed by atoms with van der Waals surface area (Å²) in [6.07, 6.45) is 7.30. The van der Waals surface area contributed by atoms with Crippen LogP contribution in [0.3, 0.4) is 0 Å². The number of hydrogen-bond acceptors (Lipinski definition) is 3. The van der Waals surface area contributed by atoms with Crippen molar-refractivity contribution in [1.29, 1.82) is 0 Å². The molecule has 3 rings (SSSR count). The van der Waals surface area contributed by atoms with Gasteiger partial charge in [-0.3, -0.25) is 9.58 Å². The van der Waals surface area contributed by atoms with Crippen LogP contribution < -0.4 is 5.73 Å². The van der Waals surface area contributed by atoms with Gasteiger partial charge in [0.25, 0.3) is 0 Å². The molecule has 0 amide bonds. The maximum atomic E-state index is 6.19. The summed E-state index contributed by atoms with van der Waals surface area (Å²) in [6, 6.07) is 8.76. The van der Waals surface area contributed by atoms with Gasteiger partial charge in [0.15, 0.2) is 0 Å². The Labute approximate surface area is 126 Å². The molecule has 1 heterocycles. The summed E-state index contributed by atoms with van der Waals surface area (Å²) in [4.78, 5) is 2.42. The SMILES string of the molecule is CN(Cc1cnn(C)c1)C1(CN)CCc2ccccc2C1. The zero-order chi connectivity index (χ0) is 14.9. The van der Waals surface area contributed by atoms with Gasteiger partial charge in [-0.05, 0) is 37.4 Å². The van der Waals surface area contributed by atoms with Crippen molar-refractivity contribution >= 4 is 0 Å². The topological polar surface area (TPSA) is 47.1 Å². The van der Waals surface area contributed by atoms with E-state index < -0.39 is 0 Å². The molecule has 0 saturated carbocycles. The molecule has 4 heteroatoms. The highest BCUT2D eigenvalue weighted by Gasteiger charge is 2.36. The van der Waals surface area contributed by atoms with Crippen LogP contribution in [0.5, 0.6) is 0 Å². The molecule has 1 aliphatic rings. The van der Waals surface area contributed by atoms with E-state index in [9.17, 15) is 0 Å². The summed E-state index contributed by atoms with van der Waals surface area (Å²) >= 11 is 0. The molecule has 1 aliphatic carbocycles. The van der Waals surface area contributed by atoms with E-state index in [0.29, 0.717) is 6.54 Å². The average molecular weight is 284 g/mol. The Kier molecular flexibility index (Phi) is 3.83. The van der Waals surface area contributed by atoms with E-state index in [-0.39, 0.29) is 5.54 Å². The molecule has 0 fully saturated rings. The summed E-state index contributed by atoms with van der Waals surface area (Å²) in [5.74, 6) is 0.